The highest BCUT2D eigenvalue weighted by atomic mass is 32.2. The topological polar surface area (TPSA) is 57.7 Å². The summed E-state index contributed by atoms with van der Waals surface area (Å²) in [6.07, 6.45) is 3.62. The fraction of sp³-hybridized carbons (Fsp3) is 0.588. The van der Waals surface area contributed by atoms with Crippen LogP contribution < -0.4 is 0 Å². The number of halogens is 2. The van der Waals surface area contributed by atoms with Gasteiger partial charge in [-0.1, -0.05) is 0 Å². The molecule has 1 amide bonds. The average Bonchev–Trinajstić information content (AvgIpc) is 3.03. The van der Waals surface area contributed by atoms with Gasteiger partial charge in [0.25, 0.3) is 5.91 Å². The van der Waals surface area contributed by atoms with Crippen LogP contribution in [0.4, 0.5) is 8.78 Å². The van der Waals surface area contributed by atoms with E-state index in [1.165, 1.54) is 16.6 Å². The highest BCUT2D eigenvalue weighted by Crippen LogP contribution is 2.33. The van der Waals surface area contributed by atoms with E-state index in [1.807, 2.05) is 0 Å². The molecule has 0 N–H and O–H groups in total. The molecule has 0 aliphatic carbocycles. The van der Waals surface area contributed by atoms with Crippen molar-refractivity contribution < 1.29 is 22.0 Å². The van der Waals surface area contributed by atoms with Gasteiger partial charge in [0, 0.05) is 32.2 Å². The molecule has 3 rings (SSSR count). The molecule has 0 bridgehead atoms. The highest BCUT2D eigenvalue weighted by molar-refractivity contribution is 7.88. The Morgan fingerprint density at radius 3 is 2.32 bits per heavy atom. The van der Waals surface area contributed by atoms with Crippen molar-refractivity contribution in [2.24, 2.45) is 11.8 Å². The van der Waals surface area contributed by atoms with E-state index in [9.17, 15) is 22.0 Å². The zero-order valence-corrected chi connectivity index (χ0v) is 14.9. The molecular weight excluding hydrogens is 350 g/mol. The van der Waals surface area contributed by atoms with Crippen molar-refractivity contribution in [1.29, 1.82) is 0 Å². The first-order chi connectivity index (χ1) is 11.8. The molecule has 2 saturated heterocycles. The second-order valence-corrected chi connectivity index (χ2v) is 8.91. The minimum absolute atomic E-state index is 0.103. The first-order valence-electron chi connectivity index (χ1n) is 8.45. The summed E-state index contributed by atoms with van der Waals surface area (Å²) in [5.41, 5.74) is -0.103. The number of carbonyl (C=O) groups excluding carboxylic acids is 1. The molecule has 0 saturated carbocycles. The summed E-state index contributed by atoms with van der Waals surface area (Å²) >= 11 is 0. The van der Waals surface area contributed by atoms with Crippen LogP contribution in [0.3, 0.4) is 0 Å². The van der Waals surface area contributed by atoms with E-state index in [0.717, 1.165) is 31.4 Å². The monoisotopic (exact) mass is 372 g/mol. The Balaban J connectivity index is 1.60. The first kappa shape index (κ1) is 18.3. The zero-order valence-electron chi connectivity index (χ0n) is 14.1. The molecule has 1 aromatic rings. The van der Waals surface area contributed by atoms with Crippen molar-refractivity contribution in [2.75, 3.05) is 32.4 Å². The van der Waals surface area contributed by atoms with E-state index in [2.05, 4.69) is 0 Å². The van der Waals surface area contributed by atoms with Crippen LogP contribution in [0, 0.1) is 23.5 Å². The van der Waals surface area contributed by atoms with E-state index >= 15 is 0 Å². The standard InChI is InChI=1S/C17H22F2N2O3S/c1-25(23,24)21-8-5-12(6-9-21)13-4-7-20(11-13)17(22)15-3-2-14(18)10-16(15)19/h2-3,10,12-13H,4-9,11H2,1H3. The smallest absolute Gasteiger partial charge is 0.256 e. The zero-order chi connectivity index (χ0) is 18.2. The van der Waals surface area contributed by atoms with Crippen LogP contribution in [0.1, 0.15) is 29.6 Å². The van der Waals surface area contributed by atoms with Gasteiger partial charge in [0.15, 0.2) is 0 Å². The molecule has 138 valence electrons. The minimum atomic E-state index is -3.14. The molecule has 1 unspecified atom stereocenters. The number of benzene rings is 1. The highest BCUT2D eigenvalue weighted by Gasteiger charge is 2.35. The maximum absolute atomic E-state index is 13.8. The van der Waals surface area contributed by atoms with E-state index in [4.69, 9.17) is 0 Å². The number of likely N-dealkylation sites (tertiary alicyclic amines) is 1. The van der Waals surface area contributed by atoms with Gasteiger partial charge < -0.3 is 4.90 Å². The molecule has 1 atom stereocenters. The number of sulfonamides is 1. The Bertz CT molecular complexity index is 761. The Kier molecular flexibility index (Phi) is 5.11. The van der Waals surface area contributed by atoms with Crippen LogP contribution in [0.15, 0.2) is 18.2 Å². The molecule has 2 fully saturated rings. The van der Waals surface area contributed by atoms with Gasteiger partial charge in [-0.15, -0.1) is 0 Å². The van der Waals surface area contributed by atoms with Gasteiger partial charge in [-0.25, -0.2) is 21.5 Å². The fourth-order valence-electron chi connectivity index (χ4n) is 3.87. The van der Waals surface area contributed by atoms with Crippen molar-refractivity contribution in [1.82, 2.24) is 9.21 Å². The third-order valence-electron chi connectivity index (χ3n) is 5.31. The SMILES string of the molecule is CS(=O)(=O)N1CCC(C2CCN(C(=O)c3ccc(F)cc3F)C2)CC1. The third kappa shape index (κ3) is 4.00. The number of hydrogen-bond donors (Lipinski definition) is 0. The predicted molar refractivity (Wildman–Crippen MR) is 89.5 cm³/mol. The number of rotatable bonds is 3. The average molecular weight is 372 g/mol. The van der Waals surface area contributed by atoms with Crippen LogP contribution in [0.2, 0.25) is 0 Å². The van der Waals surface area contributed by atoms with Gasteiger partial charge in [0.05, 0.1) is 11.8 Å². The van der Waals surface area contributed by atoms with E-state index in [-0.39, 0.29) is 5.56 Å². The molecule has 8 heteroatoms. The van der Waals surface area contributed by atoms with E-state index in [1.54, 1.807) is 4.90 Å². The Morgan fingerprint density at radius 2 is 1.72 bits per heavy atom. The third-order valence-corrected chi connectivity index (χ3v) is 6.61. The lowest BCUT2D eigenvalue weighted by molar-refractivity contribution is 0.0774. The van der Waals surface area contributed by atoms with Gasteiger partial charge >= 0.3 is 0 Å². The maximum Gasteiger partial charge on any atom is 0.256 e. The Labute approximate surface area is 146 Å². The second kappa shape index (κ2) is 6.99. The molecule has 0 radical (unpaired) electrons. The number of piperidine rings is 1. The van der Waals surface area contributed by atoms with Crippen molar-refractivity contribution in [2.45, 2.75) is 19.3 Å². The maximum atomic E-state index is 13.8. The molecule has 2 aliphatic rings. The largest absolute Gasteiger partial charge is 0.338 e. The molecule has 2 heterocycles. The van der Waals surface area contributed by atoms with E-state index in [0.29, 0.717) is 38.0 Å². The number of carbonyl (C=O) groups is 1. The van der Waals surface area contributed by atoms with Crippen LogP contribution in [0.25, 0.3) is 0 Å². The number of amides is 1. The lowest BCUT2D eigenvalue weighted by Crippen LogP contribution is -2.40. The van der Waals surface area contributed by atoms with E-state index < -0.39 is 27.6 Å². The predicted octanol–water partition coefficient (Wildman–Crippen LogP) is 2.10. The van der Waals surface area contributed by atoms with Crippen molar-refractivity contribution in [3.8, 4) is 0 Å². The van der Waals surface area contributed by atoms with Crippen LogP contribution >= 0.6 is 0 Å². The fourth-order valence-corrected chi connectivity index (χ4v) is 4.74. The van der Waals surface area contributed by atoms with Gasteiger partial charge in [-0.3, -0.25) is 4.79 Å². The Hall–Kier alpha value is -1.54. The van der Waals surface area contributed by atoms with Crippen LogP contribution in [0.5, 0.6) is 0 Å². The molecule has 0 aromatic heterocycles. The molecule has 0 spiro atoms. The lowest BCUT2D eigenvalue weighted by atomic mass is 9.84. The summed E-state index contributed by atoms with van der Waals surface area (Å²) in [7, 11) is -3.14. The minimum Gasteiger partial charge on any atom is -0.338 e. The molecule has 5 nitrogen and oxygen atoms in total. The van der Waals surface area contributed by atoms with Gasteiger partial charge in [0.2, 0.25) is 10.0 Å². The first-order valence-corrected chi connectivity index (χ1v) is 10.3. The van der Waals surface area contributed by atoms with Gasteiger partial charge in [0.1, 0.15) is 11.6 Å². The summed E-state index contributed by atoms with van der Waals surface area (Å²) in [4.78, 5) is 14.1. The van der Waals surface area contributed by atoms with Gasteiger partial charge in [-0.2, -0.15) is 0 Å². The lowest BCUT2D eigenvalue weighted by Gasteiger charge is -2.33. The normalized spacial score (nSPS) is 23.2. The number of hydrogen-bond acceptors (Lipinski definition) is 3. The summed E-state index contributed by atoms with van der Waals surface area (Å²) in [6, 6.07) is 3.00. The summed E-state index contributed by atoms with van der Waals surface area (Å²) in [6.45, 7) is 2.12. The van der Waals surface area contributed by atoms with Crippen molar-refractivity contribution in [3.63, 3.8) is 0 Å². The van der Waals surface area contributed by atoms with Gasteiger partial charge in [-0.05, 0) is 43.2 Å². The summed E-state index contributed by atoms with van der Waals surface area (Å²) < 4.78 is 51.5. The molecule has 2 aliphatic heterocycles. The van der Waals surface area contributed by atoms with Crippen molar-refractivity contribution >= 4 is 15.9 Å². The molecule has 1 aromatic carbocycles. The second-order valence-electron chi connectivity index (χ2n) is 6.92. The summed E-state index contributed by atoms with van der Waals surface area (Å²) in [5.74, 6) is -1.28. The molecule has 25 heavy (non-hydrogen) atoms. The van der Waals surface area contributed by atoms with Crippen LogP contribution in [-0.4, -0.2) is 56.0 Å². The van der Waals surface area contributed by atoms with Crippen LogP contribution in [-0.2, 0) is 10.0 Å². The number of nitrogens with zero attached hydrogens (tertiary/aromatic N) is 2. The molecular formula is C17H22F2N2O3S. The summed E-state index contributed by atoms with van der Waals surface area (Å²) in [5, 5.41) is 0. The quantitative estimate of drug-likeness (QED) is 0.817. The van der Waals surface area contributed by atoms with Crippen molar-refractivity contribution in [3.05, 3.63) is 35.4 Å². The Morgan fingerprint density at radius 1 is 1.08 bits per heavy atom.